The third kappa shape index (κ3) is 2.86. The average Bonchev–Trinajstić information content (AvgIpc) is 2.66. The second-order valence-corrected chi connectivity index (χ2v) is 4.50. The highest BCUT2D eigenvalue weighted by molar-refractivity contribution is 8.03. The van der Waals surface area contributed by atoms with Gasteiger partial charge in [0, 0.05) is 25.6 Å². The molecule has 0 N–H and O–H groups in total. The van der Waals surface area contributed by atoms with Crippen molar-refractivity contribution in [2.24, 2.45) is 4.99 Å². The van der Waals surface area contributed by atoms with Gasteiger partial charge in [-0.3, -0.25) is 4.99 Å². The molecule has 2 rings (SSSR count). The summed E-state index contributed by atoms with van der Waals surface area (Å²) in [5.74, 6) is 1.18. The van der Waals surface area contributed by atoms with Gasteiger partial charge in [-0.2, -0.15) is 0 Å². The van der Waals surface area contributed by atoms with Gasteiger partial charge >= 0.3 is 0 Å². The van der Waals surface area contributed by atoms with Gasteiger partial charge in [0.2, 0.25) is 0 Å². The van der Waals surface area contributed by atoms with Crippen molar-refractivity contribution in [1.29, 1.82) is 0 Å². The second kappa shape index (κ2) is 5.03. The zero-order valence-corrected chi connectivity index (χ0v) is 9.57. The first-order valence-electron chi connectivity index (χ1n) is 4.99. The molecule has 3 heteroatoms. The van der Waals surface area contributed by atoms with Crippen LogP contribution in [0.2, 0.25) is 0 Å². The Morgan fingerprint density at radius 1 is 1.33 bits per heavy atom. The third-order valence-electron chi connectivity index (χ3n) is 2.25. The quantitative estimate of drug-likeness (QED) is 0.709. The maximum Gasteiger partial charge on any atom is 0.0721 e. The van der Waals surface area contributed by atoms with Crippen molar-refractivity contribution in [2.75, 3.05) is 19.3 Å². The first-order valence-corrected chi connectivity index (χ1v) is 5.98. The zero-order valence-electron chi connectivity index (χ0n) is 8.76. The van der Waals surface area contributed by atoms with E-state index in [-0.39, 0.29) is 0 Å². The molecule has 1 aromatic rings. The van der Waals surface area contributed by atoms with Crippen molar-refractivity contribution in [3.05, 3.63) is 41.4 Å². The molecule has 0 aliphatic carbocycles. The van der Waals surface area contributed by atoms with Gasteiger partial charge in [-0.05, 0) is 18.2 Å². The van der Waals surface area contributed by atoms with Gasteiger partial charge < -0.3 is 4.90 Å². The van der Waals surface area contributed by atoms with Gasteiger partial charge in [0.25, 0.3) is 0 Å². The van der Waals surface area contributed by atoms with Gasteiger partial charge in [-0.1, -0.05) is 18.2 Å². The maximum atomic E-state index is 4.36. The van der Waals surface area contributed by atoms with Crippen LogP contribution in [0.25, 0.3) is 0 Å². The molecule has 0 saturated carbocycles. The molecule has 78 valence electrons. The van der Waals surface area contributed by atoms with Gasteiger partial charge in [0.15, 0.2) is 0 Å². The number of aliphatic imine (C=N–C) groups is 1. The predicted molar refractivity (Wildman–Crippen MR) is 67.8 cm³/mol. The number of para-hydroxylation sites is 1. The molecule has 1 fully saturated rings. The summed E-state index contributed by atoms with van der Waals surface area (Å²) in [7, 11) is 2.11. The Morgan fingerprint density at radius 3 is 2.80 bits per heavy atom. The number of hydrogen-bond acceptors (Lipinski definition) is 3. The summed E-state index contributed by atoms with van der Waals surface area (Å²) in [6, 6.07) is 9.99. The summed E-state index contributed by atoms with van der Waals surface area (Å²) in [5, 5.41) is 1.30. The third-order valence-corrected chi connectivity index (χ3v) is 3.38. The fraction of sp³-hybridized carbons (Fsp3) is 0.250. The molecule has 1 saturated heterocycles. The molecular weight excluding hydrogens is 204 g/mol. The minimum Gasteiger partial charge on any atom is -0.369 e. The van der Waals surface area contributed by atoms with E-state index in [1.807, 2.05) is 48.3 Å². The first-order chi connectivity index (χ1) is 7.36. The predicted octanol–water partition coefficient (Wildman–Crippen LogP) is 2.91. The van der Waals surface area contributed by atoms with Gasteiger partial charge in [0.1, 0.15) is 0 Å². The van der Waals surface area contributed by atoms with Crippen molar-refractivity contribution < 1.29 is 0 Å². The first kappa shape index (κ1) is 10.3. The van der Waals surface area contributed by atoms with E-state index in [1.54, 1.807) is 0 Å². The van der Waals surface area contributed by atoms with Gasteiger partial charge in [-0.15, -0.1) is 11.8 Å². The fourth-order valence-corrected chi connectivity index (χ4v) is 2.43. The number of nitrogens with zero attached hydrogens (tertiary/aromatic N) is 2. The Bertz CT molecular complexity index is 370. The van der Waals surface area contributed by atoms with Crippen LogP contribution in [0.5, 0.6) is 0 Å². The summed E-state index contributed by atoms with van der Waals surface area (Å²) in [6.45, 7) is 1.13. The minimum absolute atomic E-state index is 1.00. The summed E-state index contributed by atoms with van der Waals surface area (Å²) in [5.41, 5.74) is 1.00. The number of rotatable bonds is 2. The Morgan fingerprint density at radius 2 is 2.13 bits per heavy atom. The number of allylic oxidation sites excluding steroid dienone is 1. The minimum atomic E-state index is 1.00. The lowest BCUT2D eigenvalue weighted by atomic mass is 10.3. The lowest BCUT2D eigenvalue weighted by Crippen LogP contribution is -2.10. The molecule has 0 radical (unpaired) electrons. The molecule has 0 spiro atoms. The van der Waals surface area contributed by atoms with E-state index >= 15 is 0 Å². The lowest BCUT2D eigenvalue weighted by molar-refractivity contribution is 0.493. The molecule has 0 amide bonds. The summed E-state index contributed by atoms with van der Waals surface area (Å²) >= 11 is 1.88. The molecule has 0 bridgehead atoms. The summed E-state index contributed by atoms with van der Waals surface area (Å²) in [6.07, 6.45) is 3.95. The van der Waals surface area contributed by atoms with Crippen LogP contribution in [0.3, 0.4) is 0 Å². The van der Waals surface area contributed by atoms with E-state index in [0.717, 1.165) is 12.2 Å². The number of hydrogen-bond donors (Lipinski definition) is 0. The van der Waals surface area contributed by atoms with E-state index in [2.05, 4.69) is 23.0 Å². The highest BCUT2D eigenvalue weighted by Gasteiger charge is 2.11. The topological polar surface area (TPSA) is 15.6 Å². The fourth-order valence-electron chi connectivity index (χ4n) is 1.38. The SMILES string of the molecule is CN1CCSC1=CC=Nc1ccccc1. The number of thioether (sulfide) groups is 1. The molecular formula is C12H14N2S. The van der Waals surface area contributed by atoms with Crippen molar-refractivity contribution in [3.8, 4) is 0 Å². The Labute approximate surface area is 94.7 Å². The van der Waals surface area contributed by atoms with Crippen molar-refractivity contribution in [3.63, 3.8) is 0 Å². The van der Waals surface area contributed by atoms with Crippen molar-refractivity contribution in [1.82, 2.24) is 4.90 Å². The molecule has 1 aliphatic rings. The average molecular weight is 218 g/mol. The van der Waals surface area contributed by atoms with Crippen LogP contribution in [-0.4, -0.2) is 30.5 Å². The van der Waals surface area contributed by atoms with Crippen LogP contribution in [-0.2, 0) is 0 Å². The van der Waals surface area contributed by atoms with E-state index in [0.29, 0.717) is 0 Å². The van der Waals surface area contributed by atoms with Gasteiger partial charge in [-0.25, -0.2) is 0 Å². The molecule has 0 unspecified atom stereocenters. The van der Waals surface area contributed by atoms with Crippen LogP contribution in [0.4, 0.5) is 5.69 Å². The van der Waals surface area contributed by atoms with E-state index < -0.39 is 0 Å². The molecule has 1 aromatic carbocycles. The van der Waals surface area contributed by atoms with Crippen molar-refractivity contribution in [2.45, 2.75) is 0 Å². The van der Waals surface area contributed by atoms with Crippen LogP contribution in [0.15, 0.2) is 46.4 Å². The Hall–Kier alpha value is -1.22. The van der Waals surface area contributed by atoms with E-state index in [9.17, 15) is 0 Å². The zero-order chi connectivity index (χ0) is 10.5. The molecule has 0 atom stereocenters. The van der Waals surface area contributed by atoms with E-state index in [4.69, 9.17) is 0 Å². The Kier molecular flexibility index (Phi) is 3.45. The van der Waals surface area contributed by atoms with Gasteiger partial charge in [0.05, 0.1) is 10.7 Å². The highest BCUT2D eigenvalue weighted by Crippen LogP contribution is 2.25. The number of benzene rings is 1. The standard InChI is InChI=1S/C12H14N2S/c1-14-9-10-15-12(14)7-8-13-11-5-3-2-4-6-11/h2-8H,9-10H2,1H3. The Balaban J connectivity index is 2.01. The maximum absolute atomic E-state index is 4.36. The summed E-state index contributed by atoms with van der Waals surface area (Å²) in [4.78, 5) is 6.61. The molecule has 15 heavy (non-hydrogen) atoms. The van der Waals surface area contributed by atoms with Crippen LogP contribution in [0, 0.1) is 0 Å². The largest absolute Gasteiger partial charge is 0.369 e. The summed E-state index contributed by atoms with van der Waals surface area (Å²) < 4.78 is 0. The molecule has 1 aliphatic heterocycles. The monoisotopic (exact) mass is 218 g/mol. The van der Waals surface area contributed by atoms with E-state index in [1.165, 1.54) is 10.8 Å². The molecule has 0 aromatic heterocycles. The normalized spacial score (nSPS) is 19.3. The molecule has 2 nitrogen and oxygen atoms in total. The second-order valence-electron chi connectivity index (χ2n) is 3.39. The smallest absolute Gasteiger partial charge is 0.0721 e. The van der Waals surface area contributed by atoms with Crippen LogP contribution in [0.1, 0.15) is 0 Å². The van der Waals surface area contributed by atoms with Crippen molar-refractivity contribution >= 4 is 23.7 Å². The lowest BCUT2D eigenvalue weighted by Gasteiger charge is -2.09. The molecule has 1 heterocycles. The van der Waals surface area contributed by atoms with Crippen LogP contribution < -0.4 is 0 Å². The highest BCUT2D eigenvalue weighted by atomic mass is 32.2. The van der Waals surface area contributed by atoms with Crippen LogP contribution >= 0.6 is 11.8 Å².